The van der Waals surface area contributed by atoms with E-state index in [1.807, 2.05) is 30.3 Å². The van der Waals surface area contributed by atoms with Crippen LogP contribution in [0, 0.1) is 5.92 Å². The van der Waals surface area contributed by atoms with Crippen molar-refractivity contribution in [2.45, 2.75) is 32.2 Å². The van der Waals surface area contributed by atoms with Gasteiger partial charge in [0.25, 0.3) is 0 Å². The molecule has 4 nitrogen and oxygen atoms in total. The molecule has 1 heterocycles. The van der Waals surface area contributed by atoms with Crippen LogP contribution >= 0.6 is 11.6 Å². The molecule has 0 unspecified atom stereocenters. The summed E-state index contributed by atoms with van der Waals surface area (Å²) < 4.78 is 5.18. The number of nitrogens with one attached hydrogen (secondary N) is 1. The molecule has 1 atom stereocenters. The maximum atomic E-state index is 12.6. The van der Waals surface area contributed by atoms with Gasteiger partial charge >= 0.3 is 0 Å². The number of hydrogen-bond donors (Lipinski definition) is 1. The Hall–Kier alpha value is -2.04. The topological polar surface area (TPSA) is 41.6 Å². The van der Waals surface area contributed by atoms with Crippen molar-refractivity contribution in [3.63, 3.8) is 0 Å². The number of rotatable bonds is 8. The molecule has 3 rings (SSSR count). The summed E-state index contributed by atoms with van der Waals surface area (Å²) in [7, 11) is 1.67. The van der Waals surface area contributed by atoms with Crippen LogP contribution in [0.25, 0.3) is 0 Å². The van der Waals surface area contributed by atoms with E-state index in [-0.39, 0.29) is 11.8 Å². The molecule has 0 saturated carbocycles. The second kappa shape index (κ2) is 10.5. The minimum Gasteiger partial charge on any atom is -0.497 e. The van der Waals surface area contributed by atoms with Gasteiger partial charge in [0, 0.05) is 24.7 Å². The van der Waals surface area contributed by atoms with Crippen molar-refractivity contribution in [1.29, 1.82) is 0 Å². The van der Waals surface area contributed by atoms with Gasteiger partial charge in [-0.2, -0.15) is 0 Å². The van der Waals surface area contributed by atoms with E-state index in [1.165, 1.54) is 5.56 Å². The Morgan fingerprint density at radius 3 is 2.75 bits per heavy atom. The zero-order valence-corrected chi connectivity index (χ0v) is 17.3. The Kier molecular flexibility index (Phi) is 7.75. The summed E-state index contributed by atoms with van der Waals surface area (Å²) in [5.41, 5.74) is 2.39. The van der Waals surface area contributed by atoms with Crippen molar-refractivity contribution in [2.24, 2.45) is 5.92 Å². The maximum absolute atomic E-state index is 12.6. The lowest BCUT2D eigenvalue weighted by atomic mass is 9.96. The molecule has 0 radical (unpaired) electrons. The van der Waals surface area contributed by atoms with Gasteiger partial charge in [-0.3, -0.25) is 9.69 Å². The Balaban J connectivity index is 1.40. The van der Waals surface area contributed by atoms with Gasteiger partial charge in [0.15, 0.2) is 0 Å². The highest BCUT2D eigenvalue weighted by atomic mass is 35.5. The van der Waals surface area contributed by atoms with Crippen LogP contribution in [0.15, 0.2) is 48.5 Å². The highest BCUT2D eigenvalue weighted by Gasteiger charge is 2.25. The normalized spacial score (nSPS) is 17.3. The third-order valence-corrected chi connectivity index (χ3v) is 5.70. The fourth-order valence-corrected chi connectivity index (χ4v) is 3.92. The van der Waals surface area contributed by atoms with E-state index in [0.29, 0.717) is 6.54 Å². The lowest BCUT2D eigenvalue weighted by Crippen LogP contribution is -2.43. The predicted molar refractivity (Wildman–Crippen MR) is 114 cm³/mol. The van der Waals surface area contributed by atoms with Crippen LogP contribution in [0.5, 0.6) is 5.75 Å². The van der Waals surface area contributed by atoms with Crippen molar-refractivity contribution in [3.05, 3.63) is 64.7 Å². The first-order valence-corrected chi connectivity index (χ1v) is 10.4. The average molecular weight is 401 g/mol. The maximum Gasteiger partial charge on any atom is 0.224 e. The summed E-state index contributed by atoms with van der Waals surface area (Å²) in [6.07, 6.45) is 3.90. The highest BCUT2D eigenvalue weighted by Crippen LogP contribution is 2.22. The largest absolute Gasteiger partial charge is 0.497 e. The number of ether oxygens (including phenoxy) is 1. The second-order valence-electron chi connectivity index (χ2n) is 7.41. The van der Waals surface area contributed by atoms with E-state index >= 15 is 0 Å². The average Bonchev–Trinajstić information content (AvgIpc) is 2.73. The van der Waals surface area contributed by atoms with E-state index in [2.05, 4.69) is 28.4 Å². The molecule has 1 fully saturated rings. The van der Waals surface area contributed by atoms with Crippen molar-refractivity contribution in [3.8, 4) is 5.75 Å². The molecule has 1 saturated heterocycles. The van der Waals surface area contributed by atoms with E-state index < -0.39 is 0 Å². The molecule has 2 aromatic rings. The van der Waals surface area contributed by atoms with Crippen molar-refractivity contribution >= 4 is 17.5 Å². The SMILES string of the molecule is COc1ccc(CCCNC(=O)[C@@H]2CCCN(Cc3ccccc3Cl)C2)cc1. The molecule has 0 aromatic heterocycles. The number of methoxy groups -OCH3 is 1. The third kappa shape index (κ3) is 5.98. The number of carbonyl (C=O) groups excluding carboxylic acids is 1. The molecule has 2 aromatic carbocycles. The molecule has 0 bridgehead atoms. The van der Waals surface area contributed by atoms with Crippen LogP contribution in [0.3, 0.4) is 0 Å². The molecular weight excluding hydrogens is 372 g/mol. The molecule has 28 heavy (non-hydrogen) atoms. The molecular formula is C23H29ClN2O2. The fraction of sp³-hybridized carbons (Fsp3) is 0.435. The van der Waals surface area contributed by atoms with Crippen molar-refractivity contribution in [1.82, 2.24) is 10.2 Å². The number of hydrogen-bond acceptors (Lipinski definition) is 3. The number of aryl methyl sites for hydroxylation is 1. The summed E-state index contributed by atoms with van der Waals surface area (Å²) >= 11 is 6.28. The number of amides is 1. The lowest BCUT2D eigenvalue weighted by molar-refractivity contribution is -0.126. The van der Waals surface area contributed by atoms with Crippen LogP contribution in [-0.4, -0.2) is 37.6 Å². The molecule has 1 aliphatic heterocycles. The fourth-order valence-electron chi connectivity index (χ4n) is 3.72. The predicted octanol–water partition coefficient (Wildman–Crippen LogP) is 4.31. The number of piperidine rings is 1. The minimum absolute atomic E-state index is 0.0669. The smallest absolute Gasteiger partial charge is 0.224 e. The summed E-state index contributed by atoms with van der Waals surface area (Å²) in [4.78, 5) is 14.9. The standard InChI is InChI=1S/C23H29ClN2O2/c1-28-21-12-10-18(11-13-21)6-4-14-25-23(27)20-8-5-15-26(17-20)16-19-7-2-3-9-22(19)24/h2-3,7,9-13,20H,4-6,8,14-17H2,1H3,(H,25,27)/t20-/m1/s1. The zero-order chi connectivity index (χ0) is 19.8. The number of likely N-dealkylation sites (tertiary alicyclic amines) is 1. The van der Waals surface area contributed by atoms with Gasteiger partial charge in [-0.15, -0.1) is 0 Å². The number of carbonyl (C=O) groups is 1. The summed E-state index contributed by atoms with van der Waals surface area (Å²) in [5.74, 6) is 1.12. The Morgan fingerprint density at radius 1 is 1.21 bits per heavy atom. The van der Waals surface area contributed by atoms with Crippen molar-refractivity contribution < 1.29 is 9.53 Å². The third-order valence-electron chi connectivity index (χ3n) is 5.33. The first kappa shape index (κ1) is 20.7. The summed E-state index contributed by atoms with van der Waals surface area (Å²) in [6.45, 7) is 3.34. The van der Waals surface area contributed by atoms with Crippen LogP contribution in [0.1, 0.15) is 30.4 Å². The molecule has 1 amide bonds. The van der Waals surface area contributed by atoms with E-state index in [9.17, 15) is 4.79 Å². The van der Waals surface area contributed by atoms with Gasteiger partial charge in [-0.25, -0.2) is 0 Å². The quantitative estimate of drug-likeness (QED) is 0.671. The molecule has 1 aliphatic rings. The molecule has 0 spiro atoms. The summed E-state index contributed by atoms with van der Waals surface area (Å²) in [6, 6.07) is 16.1. The van der Waals surface area contributed by atoms with Crippen molar-refractivity contribution in [2.75, 3.05) is 26.7 Å². The highest BCUT2D eigenvalue weighted by molar-refractivity contribution is 6.31. The Bertz CT molecular complexity index is 763. The van der Waals surface area contributed by atoms with Gasteiger partial charge in [-0.1, -0.05) is 41.9 Å². The first-order chi connectivity index (χ1) is 13.7. The minimum atomic E-state index is 0.0669. The molecule has 0 aliphatic carbocycles. The molecule has 150 valence electrons. The number of nitrogens with zero attached hydrogens (tertiary/aromatic N) is 1. The first-order valence-electron chi connectivity index (χ1n) is 10.0. The lowest BCUT2D eigenvalue weighted by Gasteiger charge is -2.32. The van der Waals surface area contributed by atoms with E-state index in [0.717, 1.165) is 61.7 Å². The monoisotopic (exact) mass is 400 g/mol. The molecule has 5 heteroatoms. The number of halogens is 1. The van der Waals surface area contributed by atoms with E-state index in [4.69, 9.17) is 16.3 Å². The van der Waals surface area contributed by atoms with Gasteiger partial charge in [-0.05, 0) is 61.6 Å². The molecule has 1 N–H and O–H groups in total. The van der Waals surface area contributed by atoms with Gasteiger partial charge in [0.05, 0.1) is 13.0 Å². The van der Waals surface area contributed by atoms with Gasteiger partial charge in [0.2, 0.25) is 5.91 Å². The van der Waals surface area contributed by atoms with Gasteiger partial charge in [0.1, 0.15) is 5.75 Å². The van der Waals surface area contributed by atoms with Crippen LogP contribution in [-0.2, 0) is 17.8 Å². The second-order valence-corrected chi connectivity index (χ2v) is 7.82. The van der Waals surface area contributed by atoms with Crippen LogP contribution in [0.4, 0.5) is 0 Å². The van der Waals surface area contributed by atoms with Gasteiger partial charge < -0.3 is 10.1 Å². The van der Waals surface area contributed by atoms with E-state index in [1.54, 1.807) is 7.11 Å². The summed E-state index contributed by atoms with van der Waals surface area (Å²) in [5, 5.41) is 3.92. The van der Waals surface area contributed by atoms with Crippen LogP contribution in [0.2, 0.25) is 5.02 Å². The Labute approximate surface area is 172 Å². The Morgan fingerprint density at radius 2 is 2.00 bits per heavy atom. The number of benzene rings is 2. The van der Waals surface area contributed by atoms with Crippen LogP contribution < -0.4 is 10.1 Å². The zero-order valence-electron chi connectivity index (χ0n) is 16.5.